The van der Waals surface area contributed by atoms with Gasteiger partial charge in [0.1, 0.15) is 29.1 Å². The molecule has 5 aromatic rings. The van der Waals surface area contributed by atoms with E-state index in [9.17, 15) is 18.4 Å². The molecule has 0 aliphatic rings. The van der Waals surface area contributed by atoms with Crippen molar-refractivity contribution >= 4 is 16.8 Å². The Morgan fingerprint density at radius 3 is 2.51 bits per heavy atom. The van der Waals surface area contributed by atoms with Gasteiger partial charge in [0.05, 0.1) is 11.4 Å². The first-order valence-electron chi connectivity index (χ1n) is 10.8. The lowest BCUT2D eigenvalue weighted by molar-refractivity contribution is -0.122. The molecule has 0 spiro atoms. The van der Waals surface area contributed by atoms with Crippen molar-refractivity contribution in [3.05, 3.63) is 106 Å². The van der Waals surface area contributed by atoms with Gasteiger partial charge < -0.3 is 9.88 Å². The van der Waals surface area contributed by atoms with E-state index >= 15 is 0 Å². The number of aromatic nitrogens is 5. The van der Waals surface area contributed by atoms with Crippen LogP contribution < -0.4 is 10.9 Å². The molecule has 2 aromatic carbocycles. The van der Waals surface area contributed by atoms with Crippen molar-refractivity contribution in [2.24, 2.45) is 0 Å². The smallest absolute Gasteiger partial charge is 0.280 e. The third kappa shape index (κ3) is 4.21. The van der Waals surface area contributed by atoms with E-state index < -0.39 is 23.1 Å². The van der Waals surface area contributed by atoms with Crippen molar-refractivity contribution in [3.63, 3.8) is 0 Å². The van der Waals surface area contributed by atoms with Crippen LogP contribution in [0.25, 0.3) is 22.4 Å². The molecule has 0 radical (unpaired) electrons. The zero-order valence-corrected chi connectivity index (χ0v) is 18.7. The zero-order chi connectivity index (χ0) is 24.5. The minimum Gasteiger partial charge on any atom is -0.350 e. The Labute approximate surface area is 198 Å². The normalized spacial score (nSPS) is 11.2. The quantitative estimate of drug-likeness (QED) is 0.409. The van der Waals surface area contributed by atoms with E-state index in [2.05, 4.69) is 15.5 Å². The summed E-state index contributed by atoms with van der Waals surface area (Å²) in [5.41, 5.74) is 0.992. The molecule has 0 fully saturated rings. The highest BCUT2D eigenvalue weighted by atomic mass is 19.1. The SMILES string of the molecule is Cc1nn(CC(=O)NCc2ccccc2F)c(=O)c2c(-n3cccc3)n(-c3cccc(F)c3)nc12. The van der Waals surface area contributed by atoms with Gasteiger partial charge in [0, 0.05) is 24.5 Å². The predicted molar refractivity (Wildman–Crippen MR) is 125 cm³/mol. The average molecular weight is 474 g/mol. The highest BCUT2D eigenvalue weighted by molar-refractivity contribution is 5.88. The van der Waals surface area contributed by atoms with Crippen LogP contribution in [0.4, 0.5) is 8.78 Å². The largest absolute Gasteiger partial charge is 0.350 e. The van der Waals surface area contributed by atoms with Crippen molar-refractivity contribution in [2.45, 2.75) is 20.0 Å². The number of fused-ring (bicyclic) bond motifs is 1. The first-order chi connectivity index (χ1) is 16.9. The highest BCUT2D eigenvalue weighted by Gasteiger charge is 2.22. The number of hydrogen-bond acceptors (Lipinski definition) is 4. The summed E-state index contributed by atoms with van der Waals surface area (Å²) in [5, 5.41) is 11.7. The average Bonchev–Trinajstić information content (AvgIpc) is 3.50. The molecule has 0 aliphatic heterocycles. The Balaban J connectivity index is 1.57. The van der Waals surface area contributed by atoms with E-state index in [1.807, 2.05) is 0 Å². The second-order valence-electron chi connectivity index (χ2n) is 7.95. The molecule has 8 nitrogen and oxygen atoms in total. The van der Waals surface area contributed by atoms with Crippen LogP contribution in [0.5, 0.6) is 0 Å². The monoisotopic (exact) mass is 474 g/mol. The number of hydrogen-bond donors (Lipinski definition) is 1. The van der Waals surface area contributed by atoms with Gasteiger partial charge in [0.25, 0.3) is 5.56 Å². The summed E-state index contributed by atoms with van der Waals surface area (Å²) in [4.78, 5) is 26.1. The fraction of sp³-hybridized carbons (Fsp3) is 0.120. The number of amides is 1. The van der Waals surface area contributed by atoms with Crippen LogP contribution in [0, 0.1) is 18.6 Å². The van der Waals surface area contributed by atoms with E-state index in [0.29, 0.717) is 28.3 Å². The fourth-order valence-corrected chi connectivity index (χ4v) is 3.90. The van der Waals surface area contributed by atoms with Gasteiger partial charge in [0.15, 0.2) is 5.82 Å². The Morgan fingerprint density at radius 2 is 1.77 bits per heavy atom. The minimum atomic E-state index is -0.530. The van der Waals surface area contributed by atoms with Gasteiger partial charge in [-0.25, -0.2) is 18.1 Å². The van der Waals surface area contributed by atoms with Gasteiger partial charge in [-0.15, -0.1) is 0 Å². The van der Waals surface area contributed by atoms with Crippen LogP contribution in [0.15, 0.2) is 77.9 Å². The molecule has 0 atom stereocenters. The van der Waals surface area contributed by atoms with Gasteiger partial charge in [-0.2, -0.15) is 10.2 Å². The standard InChI is InChI=1S/C25H20F2N6O2/c1-16-23-22(24(31-11-4-5-12-31)33(30-23)19-9-6-8-18(26)13-19)25(35)32(29-16)15-21(34)28-14-17-7-2-3-10-20(17)27/h2-13H,14-15H2,1H3,(H,28,34). The number of benzene rings is 2. The molecular formula is C25H20F2N6O2. The molecule has 1 N–H and O–H groups in total. The topological polar surface area (TPSA) is 86.7 Å². The van der Waals surface area contributed by atoms with E-state index in [1.165, 1.54) is 22.9 Å². The van der Waals surface area contributed by atoms with Gasteiger partial charge >= 0.3 is 0 Å². The predicted octanol–water partition coefficient (Wildman–Crippen LogP) is 3.28. The molecule has 0 bridgehead atoms. The lowest BCUT2D eigenvalue weighted by atomic mass is 10.2. The Kier molecular flexibility index (Phi) is 5.69. The molecule has 10 heteroatoms. The van der Waals surface area contributed by atoms with E-state index in [0.717, 1.165) is 4.68 Å². The van der Waals surface area contributed by atoms with Crippen LogP contribution >= 0.6 is 0 Å². The molecule has 0 saturated heterocycles. The molecular weight excluding hydrogens is 454 g/mol. The van der Waals surface area contributed by atoms with Gasteiger partial charge in [-0.3, -0.25) is 9.59 Å². The number of aryl methyl sites for hydroxylation is 1. The van der Waals surface area contributed by atoms with E-state index in [1.54, 1.807) is 66.3 Å². The van der Waals surface area contributed by atoms with Crippen molar-refractivity contribution in [3.8, 4) is 11.5 Å². The lowest BCUT2D eigenvalue weighted by Crippen LogP contribution is -2.34. The van der Waals surface area contributed by atoms with E-state index in [4.69, 9.17) is 0 Å². The van der Waals surface area contributed by atoms with Gasteiger partial charge in [0.2, 0.25) is 5.91 Å². The lowest BCUT2D eigenvalue weighted by Gasteiger charge is -2.10. The minimum absolute atomic E-state index is 0.0202. The number of rotatable bonds is 6. The summed E-state index contributed by atoms with van der Waals surface area (Å²) < 4.78 is 32.1. The molecule has 176 valence electrons. The maximum absolute atomic E-state index is 14.0. The maximum atomic E-state index is 14.0. The third-order valence-corrected chi connectivity index (χ3v) is 5.55. The maximum Gasteiger partial charge on any atom is 0.280 e. The Bertz CT molecular complexity index is 1600. The molecule has 35 heavy (non-hydrogen) atoms. The molecule has 1 amide bonds. The number of carbonyl (C=O) groups is 1. The molecule has 5 rings (SSSR count). The van der Waals surface area contributed by atoms with Gasteiger partial charge in [-0.1, -0.05) is 24.3 Å². The van der Waals surface area contributed by atoms with Crippen molar-refractivity contribution in [1.29, 1.82) is 0 Å². The Morgan fingerprint density at radius 1 is 1.00 bits per heavy atom. The zero-order valence-electron chi connectivity index (χ0n) is 18.7. The summed E-state index contributed by atoms with van der Waals surface area (Å²) in [5.74, 6) is -0.978. The van der Waals surface area contributed by atoms with Crippen LogP contribution in [0.3, 0.4) is 0 Å². The molecule has 0 saturated carbocycles. The van der Waals surface area contributed by atoms with Crippen molar-refractivity contribution in [2.75, 3.05) is 0 Å². The Hall–Kier alpha value is -4.60. The summed E-state index contributed by atoms with van der Waals surface area (Å²) in [6.45, 7) is 1.30. The summed E-state index contributed by atoms with van der Waals surface area (Å²) >= 11 is 0. The van der Waals surface area contributed by atoms with E-state index in [-0.39, 0.29) is 18.5 Å². The first kappa shape index (κ1) is 22.2. The number of halogens is 2. The van der Waals surface area contributed by atoms with Crippen LogP contribution in [0.1, 0.15) is 11.3 Å². The summed E-state index contributed by atoms with van der Waals surface area (Å²) in [6.07, 6.45) is 3.49. The van der Waals surface area contributed by atoms with Crippen LogP contribution in [0.2, 0.25) is 0 Å². The number of carbonyl (C=O) groups excluding carboxylic acids is 1. The van der Waals surface area contributed by atoms with Crippen LogP contribution in [-0.4, -0.2) is 30.0 Å². The fourth-order valence-electron chi connectivity index (χ4n) is 3.90. The summed E-state index contributed by atoms with van der Waals surface area (Å²) in [7, 11) is 0. The number of nitrogens with zero attached hydrogens (tertiary/aromatic N) is 5. The third-order valence-electron chi connectivity index (χ3n) is 5.55. The molecule has 3 aromatic heterocycles. The van der Waals surface area contributed by atoms with Crippen molar-refractivity contribution in [1.82, 2.24) is 29.4 Å². The van der Waals surface area contributed by atoms with Crippen LogP contribution in [-0.2, 0) is 17.9 Å². The second-order valence-corrected chi connectivity index (χ2v) is 7.95. The molecule has 0 aliphatic carbocycles. The molecule has 3 heterocycles. The molecule has 0 unspecified atom stereocenters. The number of nitrogens with one attached hydrogen (secondary N) is 1. The second kappa shape index (κ2) is 8.98. The van der Waals surface area contributed by atoms with Gasteiger partial charge in [-0.05, 0) is 43.3 Å². The summed E-state index contributed by atoms with van der Waals surface area (Å²) in [6, 6.07) is 15.6. The highest BCUT2D eigenvalue weighted by Crippen LogP contribution is 2.24. The first-order valence-corrected chi connectivity index (χ1v) is 10.8. The van der Waals surface area contributed by atoms with Crippen molar-refractivity contribution < 1.29 is 13.6 Å².